The molecule has 3 nitrogen and oxygen atoms in total. The third-order valence-electron chi connectivity index (χ3n) is 5.27. The van der Waals surface area contributed by atoms with Gasteiger partial charge in [-0.25, -0.2) is 4.79 Å². The molecule has 28 heavy (non-hydrogen) atoms. The maximum Gasteiger partial charge on any atom is 0.331 e. The van der Waals surface area contributed by atoms with Gasteiger partial charge in [0.05, 0.1) is 0 Å². The summed E-state index contributed by atoms with van der Waals surface area (Å²) in [6.07, 6.45) is 11.7. The van der Waals surface area contributed by atoms with E-state index in [1.165, 1.54) is 35.1 Å². The highest BCUT2D eigenvalue weighted by atomic mass is 16.6. The molecule has 0 atom stereocenters. The lowest BCUT2D eigenvalue weighted by atomic mass is 9.84. The van der Waals surface area contributed by atoms with Crippen LogP contribution in [0.25, 0.3) is 0 Å². The van der Waals surface area contributed by atoms with Gasteiger partial charge in [0, 0.05) is 25.7 Å². The zero-order chi connectivity index (χ0) is 20.0. The summed E-state index contributed by atoms with van der Waals surface area (Å²) in [7, 11) is 0. The number of hydrogen-bond donors (Lipinski definition) is 0. The van der Waals surface area contributed by atoms with Crippen LogP contribution < -0.4 is 0 Å². The Hall–Kier alpha value is -2.13. The minimum atomic E-state index is -0.445. The summed E-state index contributed by atoms with van der Waals surface area (Å²) in [5.74, 6) is -0.253. The first-order valence-corrected chi connectivity index (χ1v) is 10.5. The van der Waals surface area contributed by atoms with Crippen LogP contribution in [0.1, 0.15) is 58.4 Å². The van der Waals surface area contributed by atoms with Crippen LogP contribution in [0.15, 0.2) is 65.3 Å². The van der Waals surface area contributed by atoms with Gasteiger partial charge < -0.3 is 4.74 Å². The zero-order valence-electron chi connectivity index (χ0n) is 17.5. The summed E-state index contributed by atoms with van der Waals surface area (Å²) < 4.78 is 5.41. The average molecular weight is 380 g/mol. The molecule has 0 N–H and O–H groups in total. The van der Waals surface area contributed by atoms with Gasteiger partial charge in [-0.05, 0) is 75.2 Å². The molecule has 1 aromatic rings. The Kier molecular flexibility index (Phi) is 6.90. The largest absolute Gasteiger partial charge is 0.457 e. The number of nitrogens with zero attached hydrogens (tertiary/aromatic N) is 1. The Morgan fingerprint density at radius 2 is 1.86 bits per heavy atom. The van der Waals surface area contributed by atoms with Crippen LogP contribution in [0.5, 0.6) is 0 Å². The number of hydrogen-bond acceptors (Lipinski definition) is 3. The Morgan fingerprint density at radius 1 is 1.11 bits per heavy atom. The molecule has 1 aliphatic heterocycles. The lowest BCUT2D eigenvalue weighted by Gasteiger charge is -2.29. The lowest BCUT2D eigenvalue weighted by Crippen LogP contribution is -2.28. The second-order valence-electron chi connectivity index (χ2n) is 8.78. The number of carbonyl (C=O) groups excluding carboxylic acids is 1. The minimum Gasteiger partial charge on any atom is -0.457 e. The average Bonchev–Trinajstić information content (AvgIpc) is 2.67. The van der Waals surface area contributed by atoms with Gasteiger partial charge in [-0.1, -0.05) is 42.5 Å². The fourth-order valence-electron chi connectivity index (χ4n) is 3.95. The van der Waals surface area contributed by atoms with Crippen LogP contribution in [-0.2, 0) is 16.1 Å². The molecule has 0 radical (unpaired) electrons. The van der Waals surface area contributed by atoms with Gasteiger partial charge in [-0.3, -0.25) is 4.90 Å². The summed E-state index contributed by atoms with van der Waals surface area (Å²) in [6.45, 7) is 8.80. The smallest absolute Gasteiger partial charge is 0.331 e. The number of esters is 1. The van der Waals surface area contributed by atoms with E-state index in [4.69, 9.17) is 4.74 Å². The van der Waals surface area contributed by atoms with Gasteiger partial charge in [0.1, 0.15) is 5.60 Å². The molecule has 3 rings (SSSR count). The Bertz CT molecular complexity index is 765. The van der Waals surface area contributed by atoms with Crippen molar-refractivity contribution in [1.29, 1.82) is 0 Å². The number of ether oxygens (including phenoxy) is 1. The van der Waals surface area contributed by atoms with Gasteiger partial charge in [0.15, 0.2) is 0 Å². The van der Waals surface area contributed by atoms with Crippen LogP contribution in [-0.4, -0.2) is 29.6 Å². The van der Waals surface area contributed by atoms with Crippen molar-refractivity contribution in [3.8, 4) is 0 Å². The van der Waals surface area contributed by atoms with E-state index in [-0.39, 0.29) is 5.97 Å². The number of carbonyl (C=O) groups is 1. The Morgan fingerprint density at radius 3 is 2.54 bits per heavy atom. The van der Waals surface area contributed by atoms with Crippen molar-refractivity contribution >= 4 is 5.97 Å². The fraction of sp³-hybridized carbons (Fsp3) is 0.480. The molecule has 0 bridgehead atoms. The highest BCUT2D eigenvalue weighted by Gasteiger charge is 2.20. The predicted molar refractivity (Wildman–Crippen MR) is 115 cm³/mol. The van der Waals surface area contributed by atoms with Gasteiger partial charge in [0.2, 0.25) is 0 Å². The van der Waals surface area contributed by atoms with Crippen LogP contribution >= 0.6 is 0 Å². The molecule has 0 spiro atoms. The van der Waals surface area contributed by atoms with Crippen molar-refractivity contribution < 1.29 is 9.53 Å². The first kappa shape index (κ1) is 20.6. The van der Waals surface area contributed by atoms with Crippen molar-refractivity contribution in [3.63, 3.8) is 0 Å². The minimum absolute atomic E-state index is 0.253. The van der Waals surface area contributed by atoms with Crippen molar-refractivity contribution in [2.75, 3.05) is 13.1 Å². The number of rotatable bonds is 5. The Balaban J connectivity index is 1.67. The van der Waals surface area contributed by atoms with Crippen LogP contribution in [0.3, 0.4) is 0 Å². The Labute approximate surface area is 169 Å². The standard InChI is InChI=1S/C25H33NO2/c1-25(2,3)28-24(27)14-13-21-11-7-8-12-23(21)22-15-17-26(18-16-22)19-20-9-5-4-6-10-20/h4-6,9-10,13-15H,7-8,11-12,16-19H2,1-3H3/b14-13+. The lowest BCUT2D eigenvalue weighted by molar-refractivity contribution is -0.148. The van der Waals surface area contributed by atoms with Crippen molar-refractivity contribution in [2.45, 2.75) is 65.0 Å². The monoisotopic (exact) mass is 379 g/mol. The molecule has 1 heterocycles. The fourth-order valence-corrected chi connectivity index (χ4v) is 3.95. The SMILES string of the molecule is CC(C)(C)OC(=O)/C=C/C1=C(C2=CCN(Cc3ccccc3)CC2)CCCC1. The van der Waals surface area contributed by atoms with Gasteiger partial charge in [-0.15, -0.1) is 0 Å². The van der Waals surface area contributed by atoms with E-state index in [1.807, 2.05) is 26.8 Å². The summed E-state index contributed by atoms with van der Waals surface area (Å²) in [4.78, 5) is 14.5. The summed E-state index contributed by atoms with van der Waals surface area (Å²) in [5, 5.41) is 0. The maximum absolute atomic E-state index is 12.0. The van der Waals surface area contributed by atoms with Gasteiger partial charge >= 0.3 is 5.97 Å². The first-order chi connectivity index (χ1) is 13.4. The van der Waals surface area contributed by atoms with Gasteiger partial charge in [-0.2, -0.15) is 0 Å². The third-order valence-corrected chi connectivity index (χ3v) is 5.27. The maximum atomic E-state index is 12.0. The van der Waals surface area contributed by atoms with Crippen LogP contribution in [0, 0.1) is 0 Å². The molecule has 0 saturated heterocycles. The topological polar surface area (TPSA) is 29.5 Å². The van der Waals surface area contributed by atoms with E-state index in [0.29, 0.717) is 0 Å². The molecular weight excluding hydrogens is 346 g/mol. The van der Waals surface area contributed by atoms with E-state index in [1.54, 1.807) is 6.08 Å². The summed E-state index contributed by atoms with van der Waals surface area (Å²) in [5.41, 5.74) is 5.19. The molecule has 0 fully saturated rings. The summed E-state index contributed by atoms with van der Waals surface area (Å²) in [6, 6.07) is 10.7. The van der Waals surface area contributed by atoms with E-state index < -0.39 is 5.60 Å². The number of allylic oxidation sites excluding steroid dienone is 3. The van der Waals surface area contributed by atoms with Crippen LogP contribution in [0.4, 0.5) is 0 Å². The molecule has 0 amide bonds. The summed E-state index contributed by atoms with van der Waals surface area (Å²) >= 11 is 0. The number of benzene rings is 1. The molecule has 0 saturated carbocycles. The molecular formula is C25H33NO2. The molecule has 0 aromatic heterocycles. The van der Waals surface area contributed by atoms with Crippen molar-refractivity contribution in [2.24, 2.45) is 0 Å². The molecule has 3 heteroatoms. The van der Waals surface area contributed by atoms with E-state index in [2.05, 4.69) is 41.3 Å². The molecule has 0 unspecified atom stereocenters. The molecule has 2 aliphatic rings. The van der Waals surface area contributed by atoms with Crippen LogP contribution in [0.2, 0.25) is 0 Å². The molecule has 1 aromatic carbocycles. The first-order valence-electron chi connectivity index (χ1n) is 10.5. The predicted octanol–water partition coefficient (Wildman–Crippen LogP) is 5.59. The quantitative estimate of drug-likeness (QED) is 0.493. The second kappa shape index (κ2) is 9.38. The van der Waals surface area contributed by atoms with E-state index in [0.717, 1.165) is 38.9 Å². The third kappa shape index (κ3) is 6.20. The zero-order valence-corrected chi connectivity index (χ0v) is 17.5. The van der Waals surface area contributed by atoms with Gasteiger partial charge in [0.25, 0.3) is 0 Å². The molecule has 1 aliphatic carbocycles. The second-order valence-corrected chi connectivity index (χ2v) is 8.78. The van der Waals surface area contributed by atoms with E-state index >= 15 is 0 Å². The van der Waals surface area contributed by atoms with E-state index in [9.17, 15) is 4.79 Å². The highest BCUT2D eigenvalue weighted by molar-refractivity contribution is 5.83. The van der Waals surface area contributed by atoms with Crippen molar-refractivity contribution in [3.05, 3.63) is 70.8 Å². The normalized spacial score (nSPS) is 19.0. The highest BCUT2D eigenvalue weighted by Crippen LogP contribution is 2.33. The molecule has 150 valence electrons. The van der Waals surface area contributed by atoms with Crippen molar-refractivity contribution in [1.82, 2.24) is 4.90 Å².